The number of hydrogen-bond donors (Lipinski definition) is 1. The summed E-state index contributed by atoms with van der Waals surface area (Å²) in [5.74, 6) is 0. The first kappa shape index (κ1) is 15.2. The maximum Gasteiger partial charge on any atom is 0.279 e. The van der Waals surface area contributed by atoms with E-state index >= 15 is 0 Å². The van der Waals surface area contributed by atoms with Gasteiger partial charge in [0.05, 0.1) is 12.2 Å². The zero-order valence-electron chi connectivity index (χ0n) is 12.0. The molecule has 1 aliphatic carbocycles. The molecule has 1 saturated heterocycles. The summed E-state index contributed by atoms with van der Waals surface area (Å²) >= 11 is 0. The van der Waals surface area contributed by atoms with Crippen LogP contribution in [0.25, 0.3) is 0 Å². The highest BCUT2D eigenvalue weighted by molar-refractivity contribution is 7.87. The van der Waals surface area contributed by atoms with Gasteiger partial charge in [-0.15, -0.1) is 0 Å². The van der Waals surface area contributed by atoms with Crippen molar-refractivity contribution >= 4 is 10.2 Å². The molecule has 112 valence electrons. The predicted octanol–water partition coefficient (Wildman–Crippen LogP) is 1.65. The topological polar surface area (TPSA) is 58.6 Å². The predicted molar refractivity (Wildman–Crippen MR) is 75.1 cm³/mol. The second kappa shape index (κ2) is 6.52. The fourth-order valence-electron chi connectivity index (χ4n) is 3.01. The Bertz CT molecular complexity index is 367. The van der Waals surface area contributed by atoms with Gasteiger partial charge in [0.2, 0.25) is 0 Å². The van der Waals surface area contributed by atoms with Crippen LogP contribution in [-0.2, 0) is 14.9 Å². The molecule has 2 fully saturated rings. The Morgan fingerprint density at radius 1 is 1.00 bits per heavy atom. The smallest absolute Gasteiger partial charge is 0.279 e. The van der Waals surface area contributed by atoms with E-state index in [1.165, 1.54) is 17.1 Å². The molecule has 1 heterocycles. The second-order valence-electron chi connectivity index (χ2n) is 5.89. The Balaban J connectivity index is 1.96. The van der Waals surface area contributed by atoms with Crippen molar-refractivity contribution in [3.05, 3.63) is 0 Å². The number of nitrogens with one attached hydrogen (secondary N) is 1. The van der Waals surface area contributed by atoms with Crippen LogP contribution in [0.15, 0.2) is 0 Å². The summed E-state index contributed by atoms with van der Waals surface area (Å²) in [6, 6.07) is 0.112. The quantitative estimate of drug-likeness (QED) is 0.804. The number of nitrogens with zero attached hydrogens (tertiary/aromatic N) is 1. The Labute approximate surface area is 116 Å². The second-order valence-corrected chi connectivity index (χ2v) is 7.59. The summed E-state index contributed by atoms with van der Waals surface area (Å²) in [5.41, 5.74) is 0. The third kappa shape index (κ3) is 4.41. The zero-order valence-corrected chi connectivity index (χ0v) is 12.8. The summed E-state index contributed by atoms with van der Waals surface area (Å²) < 4.78 is 34.8. The molecular weight excluding hydrogens is 264 g/mol. The Morgan fingerprint density at radius 2 is 1.53 bits per heavy atom. The molecule has 0 amide bonds. The van der Waals surface area contributed by atoms with E-state index in [1.54, 1.807) is 0 Å². The van der Waals surface area contributed by atoms with E-state index in [9.17, 15) is 8.42 Å². The van der Waals surface area contributed by atoms with Crippen molar-refractivity contribution < 1.29 is 13.2 Å². The molecule has 0 aromatic carbocycles. The minimum atomic E-state index is -3.36. The van der Waals surface area contributed by atoms with Crippen LogP contribution in [0.3, 0.4) is 0 Å². The van der Waals surface area contributed by atoms with Gasteiger partial charge in [0.25, 0.3) is 10.2 Å². The van der Waals surface area contributed by atoms with Crippen LogP contribution >= 0.6 is 0 Å². The van der Waals surface area contributed by atoms with Gasteiger partial charge in [0, 0.05) is 19.1 Å². The number of rotatable bonds is 3. The van der Waals surface area contributed by atoms with Crippen molar-refractivity contribution in [3.63, 3.8) is 0 Å². The fourth-order valence-corrected chi connectivity index (χ4v) is 4.63. The lowest BCUT2D eigenvalue weighted by Crippen LogP contribution is -2.53. The van der Waals surface area contributed by atoms with E-state index in [-0.39, 0.29) is 18.2 Å². The molecule has 5 nitrogen and oxygen atoms in total. The molecule has 0 unspecified atom stereocenters. The van der Waals surface area contributed by atoms with E-state index in [0.717, 1.165) is 25.7 Å². The van der Waals surface area contributed by atoms with Crippen molar-refractivity contribution in [2.75, 3.05) is 13.1 Å². The molecule has 1 saturated carbocycles. The van der Waals surface area contributed by atoms with Crippen molar-refractivity contribution in [2.45, 2.75) is 70.6 Å². The molecular formula is C13H26N2O3S. The molecule has 2 rings (SSSR count). The summed E-state index contributed by atoms with van der Waals surface area (Å²) in [5, 5.41) is 0. The summed E-state index contributed by atoms with van der Waals surface area (Å²) in [4.78, 5) is 0. The van der Waals surface area contributed by atoms with Gasteiger partial charge < -0.3 is 4.74 Å². The van der Waals surface area contributed by atoms with E-state index in [0.29, 0.717) is 13.1 Å². The number of hydrogen-bond acceptors (Lipinski definition) is 3. The molecule has 19 heavy (non-hydrogen) atoms. The van der Waals surface area contributed by atoms with Gasteiger partial charge >= 0.3 is 0 Å². The highest BCUT2D eigenvalue weighted by Crippen LogP contribution is 2.20. The lowest BCUT2D eigenvalue weighted by molar-refractivity contribution is -0.0444. The number of ether oxygens (including phenoxy) is 1. The third-order valence-electron chi connectivity index (χ3n) is 3.90. The van der Waals surface area contributed by atoms with Gasteiger partial charge in [-0.3, -0.25) is 0 Å². The van der Waals surface area contributed by atoms with Gasteiger partial charge in [0.15, 0.2) is 0 Å². The van der Waals surface area contributed by atoms with Gasteiger partial charge in [-0.05, 0) is 26.7 Å². The van der Waals surface area contributed by atoms with E-state index < -0.39 is 10.2 Å². The lowest BCUT2D eigenvalue weighted by Gasteiger charge is -2.35. The van der Waals surface area contributed by atoms with Crippen molar-refractivity contribution in [1.82, 2.24) is 9.03 Å². The Kier molecular flexibility index (Phi) is 5.22. The fraction of sp³-hybridized carbons (Fsp3) is 1.00. The van der Waals surface area contributed by atoms with Crippen LogP contribution in [0.4, 0.5) is 0 Å². The number of morpholine rings is 1. The third-order valence-corrected chi connectivity index (χ3v) is 5.51. The summed E-state index contributed by atoms with van der Waals surface area (Å²) in [6.45, 7) is 4.74. The average Bonchev–Trinajstić information content (AvgIpc) is 2.55. The molecule has 0 spiro atoms. The van der Waals surface area contributed by atoms with Crippen LogP contribution in [0.1, 0.15) is 52.4 Å². The van der Waals surface area contributed by atoms with Crippen LogP contribution in [0, 0.1) is 0 Å². The first-order valence-corrected chi connectivity index (χ1v) is 8.84. The van der Waals surface area contributed by atoms with Crippen LogP contribution in [0.5, 0.6) is 0 Å². The largest absolute Gasteiger partial charge is 0.373 e. The highest BCUT2D eigenvalue weighted by Gasteiger charge is 2.32. The molecule has 0 aromatic heterocycles. The maximum atomic E-state index is 12.4. The Morgan fingerprint density at radius 3 is 2.05 bits per heavy atom. The first-order chi connectivity index (χ1) is 8.97. The van der Waals surface area contributed by atoms with Crippen molar-refractivity contribution in [3.8, 4) is 0 Å². The van der Waals surface area contributed by atoms with E-state index in [4.69, 9.17) is 4.74 Å². The minimum Gasteiger partial charge on any atom is -0.373 e. The van der Waals surface area contributed by atoms with Crippen molar-refractivity contribution in [1.29, 1.82) is 0 Å². The maximum absolute atomic E-state index is 12.4. The Hall–Kier alpha value is -0.170. The van der Waals surface area contributed by atoms with Gasteiger partial charge in [0.1, 0.15) is 0 Å². The molecule has 2 aliphatic rings. The van der Waals surface area contributed by atoms with Crippen LogP contribution in [-0.4, -0.2) is 44.1 Å². The first-order valence-electron chi connectivity index (χ1n) is 7.40. The van der Waals surface area contributed by atoms with Gasteiger partial charge in [-0.1, -0.05) is 25.7 Å². The van der Waals surface area contributed by atoms with E-state index in [1.807, 2.05) is 13.8 Å². The minimum absolute atomic E-state index is 0.0329. The summed E-state index contributed by atoms with van der Waals surface area (Å²) in [7, 11) is -3.36. The highest BCUT2D eigenvalue weighted by atomic mass is 32.2. The monoisotopic (exact) mass is 290 g/mol. The molecule has 2 atom stereocenters. The average molecular weight is 290 g/mol. The molecule has 0 aromatic rings. The van der Waals surface area contributed by atoms with Crippen LogP contribution < -0.4 is 4.72 Å². The molecule has 0 bridgehead atoms. The lowest BCUT2D eigenvalue weighted by atomic mass is 10.1. The normalized spacial score (nSPS) is 32.1. The van der Waals surface area contributed by atoms with E-state index in [2.05, 4.69) is 4.72 Å². The van der Waals surface area contributed by atoms with Crippen molar-refractivity contribution in [2.24, 2.45) is 0 Å². The van der Waals surface area contributed by atoms with Crippen LogP contribution in [0.2, 0.25) is 0 Å². The molecule has 1 aliphatic heterocycles. The summed E-state index contributed by atoms with van der Waals surface area (Å²) in [6.07, 6.45) is 6.58. The van der Waals surface area contributed by atoms with Gasteiger partial charge in [-0.2, -0.15) is 17.4 Å². The zero-order chi connectivity index (χ0) is 13.9. The SMILES string of the molecule is C[C@@H]1CN(S(=O)(=O)NC2CCCCCC2)C[C@@H](C)O1. The molecule has 0 radical (unpaired) electrons. The van der Waals surface area contributed by atoms with Gasteiger partial charge in [-0.25, -0.2) is 0 Å². The molecule has 1 N–H and O–H groups in total. The standard InChI is InChI=1S/C13H26N2O3S/c1-11-9-15(10-12(2)18-11)19(16,17)14-13-7-5-3-4-6-8-13/h11-14H,3-10H2,1-2H3/t11-,12-/m1/s1. The molecule has 6 heteroatoms.